The van der Waals surface area contributed by atoms with E-state index in [-0.39, 0.29) is 30.2 Å². The molecule has 0 bridgehead atoms. The smallest absolute Gasteiger partial charge is 0.244 e. The Morgan fingerprint density at radius 1 is 1.07 bits per heavy atom. The van der Waals surface area contributed by atoms with Crippen molar-refractivity contribution in [2.24, 2.45) is 0 Å². The van der Waals surface area contributed by atoms with Gasteiger partial charge in [-0.25, -0.2) is 0 Å². The van der Waals surface area contributed by atoms with Crippen molar-refractivity contribution in [2.75, 3.05) is 12.4 Å². The number of aryl methyl sites for hydroxylation is 2. The summed E-state index contributed by atoms with van der Waals surface area (Å²) in [4.78, 5) is 24.9. The van der Waals surface area contributed by atoms with Gasteiger partial charge in [0.05, 0.1) is 19.0 Å². The number of aromatic nitrogens is 1. The molecule has 7 heteroatoms. The summed E-state index contributed by atoms with van der Waals surface area (Å²) in [6.07, 6.45) is 1.56. The van der Waals surface area contributed by atoms with E-state index in [0.29, 0.717) is 22.2 Å². The highest BCUT2D eigenvalue weighted by Crippen LogP contribution is 2.27. The number of benzene rings is 2. The number of anilines is 1. The molecule has 0 saturated carbocycles. The molecular weight excluding hydrogens is 404 g/mol. The summed E-state index contributed by atoms with van der Waals surface area (Å²) in [6, 6.07) is 14.3. The van der Waals surface area contributed by atoms with Crippen LogP contribution in [0.3, 0.4) is 0 Å². The molecular formula is C23H23ClN2O4. The van der Waals surface area contributed by atoms with E-state index in [1.165, 1.54) is 13.2 Å². The molecule has 156 valence electrons. The molecule has 0 saturated heterocycles. The maximum Gasteiger partial charge on any atom is 0.244 e. The fourth-order valence-electron chi connectivity index (χ4n) is 2.90. The Labute approximate surface area is 180 Å². The van der Waals surface area contributed by atoms with Crippen LogP contribution < -0.4 is 20.2 Å². The zero-order chi connectivity index (χ0) is 21.7. The summed E-state index contributed by atoms with van der Waals surface area (Å²) in [5.74, 6) is 0.410. The van der Waals surface area contributed by atoms with Crippen molar-refractivity contribution >= 4 is 23.2 Å². The molecule has 3 aromatic rings. The summed E-state index contributed by atoms with van der Waals surface area (Å²) in [7, 11) is 1.52. The van der Waals surface area contributed by atoms with Crippen LogP contribution >= 0.6 is 11.6 Å². The number of hydrogen-bond donors (Lipinski definition) is 1. The van der Waals surface area contributed by atoms with Crippen LogP contribution in [0.15, 0.2) is 59.5 Å². The van der Waals surface area contributed by atoms with Crippen molar-refractivity contribution < 1.29 is 14.3 Å². The summed E-state index contributed by atoms with van der Waals surface area (Å²) < 4.78 is 12.6. The molecule has 0 aliphatic carbocycles. The summed E-state index contributed by atoms with van der Waals surface area (Å²) >= 11 is 6.01. The van der Waals surface area contributed by atoms with Crippen LogP contribution in [-0.4, -0.2) is 17.6 Å². The van der Waals surface area contributed by atoms with E-state index in [4.69, 9.17) is 21.1 Å². The predicted octanol–water partition coefficient (Wildman–Crippen LogP) is 4.34. The van der Waals surface area contributed by atoms with Crippen molar-refractivity contribution in [2.45, 2.75) is 27.0 Å². The highest BCUT2D eigenvalue weighted by Gasteiger charge is 2.12. The number of halogens is 1. The fourth-order valence-corrected chi connectivity index (χ4v) is 3.07. The lowest BCUT2D eigenvalue weighted by atomic mass is 10.2. The first-order valence-corrected chi connectivity index (χ1v) is 9.76. The topological polar surface area (TPSA) is 69.6 Å². The number of pyridine rings is 1. The molecule has 0 radical (unpaired) electrons. The highest BCUT2D eigenvalue weighted by molar-refractivity contribution is 6.31. The van der Waals surface area contributed by atoms with Crippen molar-refractivity contribution in [1.29, 1.82) is 0 Å². The lowest BCUT2D eigenvalue weighted by Crippen LogP contribution is -2.22. The second-order valence-corrected chi connectivity index (χ2v) is 7.37. The minimum Gasteiger partial charge on any atom is -0.495 e. The minimum absolute atomic E-state index is 0.00265. The number of methoxy groups -OCH3 is 1. The molecule has 30 heavy (non-hydrogen) atoms. The van der Waals surface area contributed by atoms with Gasteiger partial charge in [-0.1, -0.05) is 41.4 Å². The summed E-state index contributed by atoms with van der Waals surface area (Å²) in [5.41, 5.74) is 3.00. The third-order valence-electron chi connectivity index (χ3n) is 4.57. The molecule has 0 spiro atoms. The van der Waals surface area contributed by atoms with Crippen LogP contribution in [0.25, 0.3) is 0 Å². The fraction of sp³-hybridized carbons (Fsp3) is 0.217. The zero-order valence-corrected chi connectivity index (χ0v) is 17.8. The average Bonchev–Trinajstić information content (AvgIpc) is 2.70. The van der Waals surface area contributed by atoms with E-state index in [9.17, 15) is 9.59 Å². The Morgan fingerprint density at radius 2 is 1.80 bits per heavy atom. The van der Waals surface area contributed by atoms with Crippen molar-refractivity contribution in [1.82, 2.24) is 4.57 Å². The Kier molecular flexibility index (Phi) is 6.79. The van der Waals surface area contributed by atoms with Gasteiger partial charge >= 0.3 is 0 Å². The maximum atomic E-state index is 12.6. The number of carbonyl (C=O) groups excluding carboxylic acids is 1. The molecule has 0 unspecified atom stereocenters. The molecule has 1 amide bonds. The quantitative estimate of drug-likeness (QED) is 0.610. The first kappa shape index (κ1) is 21.5. The van der Waals surface area contributed by atoms with E-state index in [1.807, 2.05) is 31.2 Å². The molecule has 6 nitrogen and oxygen atoms in total. The monoisotopic (exact) mass is 426 g/mol. The van der Waals surface area contributed by atoms with E-state index in [1.54, 1.807) is 35.9 Å². The van der Waals surface area contributed by atoms with Crippen LogP contribution in [0, 0.1) is 13.8 Å². The van der Waals surface area contributed by atoms with Crippen LogP contribution in [0.2, 0.25) is 5.02 Å². The van der Waals surface area contributed by atoms with Crippen LogP contribution in [0.4, 0.5) is 5.69 Å². The molecule has 0 fully saturated rings. The number of ether oxygens (including phenoxy) is 2. The number of carbonyl (C=O) groups is 1. The minimum atomic E-state index is -0.285. The molecule has 0 aliphatic rings. The van der Waals surface area contributed by atoms with E-state index >= 15 is 0 Å². The lowest BCUT2D eigenvalue weighted by molar-refractivity contribution is -0.116. The number of nitrogens with one attached hydrogen (secondary N) is 1. The number of nitrogens with zero attached hydrogens (tertiary/aromatic N) is 1. The van der Waals surface area contributed by atoms with Gasteiger partial charge in [-0.05, 0) is 37.6 Å². The van der Waals surface area contributed by atoms with Gasteiger partial charge in [0.2, 0.25) is 11.3 Å². The first-order valence-electron chi connectivity index (χ1n) is 9.38. The Balaban J connectivity index is 1.73. The predicted molar refractivity (Wildman–Crippen MR) is 118 cm³/mol. The third kappa shape index (κ3) is 5.42. The summed E-state index contributed by atoms with van der Waals surface area (Å²) in [5, 5.41) is 3.27. The van der Waals surface area contributed by atoms with Gasteiger partial charge in [-0.15, -0.1) is 0 Å². The lowest BCUT2D eigenvalue weighted by Gasteiger charge is -2.15. The molecule has 0 atom stereocenters. The van der Waals surface area contributed by atoms with Gasteiger partial charge in [0.25, 0.3) is 0 Å². The third-order valence-corrected chi connectivity index (χ3v) is 4.81. The highest BCUT2D eigenvalue weighted by atomic mass is 35.5. The maximum absolute atomic E-state index is 12.6. The van der Waals surface area contributed by atoms with Gasteiger partial charge in [-0.2, -0.15) is 0 Å². The molecule has 3 rings (SSSR count). The van der Waals surface area contributed by atoms with Crippen molar-refractivity contribution in [3.8, 4) is 11.5 Å². The van der Waals surface area contributed by atoms with Crippen LogP contribution in [-0.2, 0) is 17.9 Å². The number of amides is 1. The SMILES string of the molecule is COc1ccc(Cl)cc1NC(=O)Cn1cc(OCc2ccc(C)cc2)c(=O)cc1C. The van der Waals surface area contributed by atoms with Crippen LogP contribution in [0.1, 0.15) is 16.8 Å². The zero-order valence-electron chi connectivity index (χ0n) is 17.1. The van der Waals surface area contributed by atoms with Gasteiger partial charge in [-0.3, -0.25) is 9.59 Å². The molecule has 1 aromatic heterocycles. The Morgan fingerprint density at radius 3 is 2.50 bits per heavy atom. The van der Waals surface area contributed by atoms with Gasteiger partial charge in [0.1, 0.15) is 18.9 Å². The molecule has 1 N–H and O–H groups in total. The van der Waals surface area contributed by atoms with Gasteiger partial charge in [0.15, 0.2) is 5.75 Å². The number of hydrogen-bond acceptors (Lipinski definition) is 4. The second kappa shape index (κ2) is 9.50. The van der Waals surface area contributed by atoms with E-state index in [0.717, 1.165) is 11.1 Å². The van der Waals surface area contributed by atoms with Crippen LogP contribution in [0.5, 0.6) is 11.5 Å². The molecule has 0 aliphatic heterocycles. The Hall–Kier alpha value is -3.25. The second-order valence-electron chi connectivity index (χ2n) is 6.94. The van der Waals surface area contributed by atoms with Gasteiger partial charge < -0.3 is 19.4 Å². The largest absolute Gasteiger partial charge is 0.495 e. The van der Waals surface area contributed by atoms with Crippen molar-refractivity contribution in [3.63, 3.8) is 0 Å². The average molecular weight is 427 g/mol. The number of rotatable bonds is 7. The molecule has 2 aromatic carbocycles. The normalized spacial score (nSPS) is 10.5. The summed E-state index contributed by atoms with van der Waals surface area (Å²) in [6.45, 7) is 4.04. The Bertz CT molecular complexity index is 1110. The van der Waals surface area contributed by atoms with Crippen molar-refractivity contribution in [3.05, 3.63) is 86.8 Å². The van der Waals surface area contributed by atoms with E-state index < -0.39 is 0 Å². The standard InChI is InChI=1S/C23H23ClN2O4/c1-15-4-6-17(7-5-15)14-30-22-12-26(16(2)10-20(22)27)13-23(28)25-19-11-18(24)8-9-21(19)29-3/h4-12H,13-14H2,1-3H3,(H,25,28). The van der Waals surface area contributed by atoms with Gasteiger partial charge in [0, 0.05) is 16.8 Å². The molecule has 1 heterocycles. The first-order chi connectivity index (χ1) is 14.4. The van der Waals surface area contributed by atoms with E-state index in [2.05, 4.69) is 5.32 Å².